The standard InChI is InChI=1S/C18H25BrClNO3/c1-21(9-6-14-7-11-23-12-8-14)18(22)3-2-10-24-17-5-4-15(19)13-16(17)20/h4-5,13-14H,2-3,6-12H2,1H3. The van der Waals surface area contributed by atoms with Gasteiger partial charge in [-0.05, 0) is 49.8 Å². The summed E-state index contributed by atoms with van der Waals surface area (Å²) in [6.45, 7) is 3.03. The number of halogens is 2. The van der Waals surface area contributed by atoms with Crippen molar-refractivity contribution in [2.75, 3.05) is 33.4 Å². The first kappa shape index (κ1) is 19.5. The maximum absolute atomic E-state index is 12.2. The second kappa shape index (κ2) is 10.3. The molecule has 2 rings (SSSR count). The first-order valence-corrected chi connectivity index (χ1v) is 9.63. The number of ether oxygens (including phenoxy) is 2. The lowest BCUT2D eigenvalue weighted by Crippen LogP contribution is -2.30. The zero-order valence-corrected chi connectivity index (χ0v) is 16.4. The van der Waals surface area contributed by atoms with E-state index in [0.717, 1.165) is 43.5 Å². The van der Waals surface area contributed by atoms with E-state index in [1.165, 1.54) is 0 Å². The van der Waals surface area contributed by atoms with Crippen LogP contribution in [0.3, 0.4) is 0 Å². The van der Waals surface area contributed by atoms with Crippen LogP contribution in [0.25, 0.3) is 0 Å². The van der Waals surface area contributed by atoms with Crippen molar-refractivity contribution in [2.45, 2.75) is 32.1 Å². The molecule has 0 radical (unpaired) electrons. The fraction of sp³-hybridized carbons (Fsp3) is 0.611. The van der Waals surface area contributed by atoms with Crippen LogP contribution in [0.5, 0.6) is 5.75 Å². The molecule has 6 heteroatoms. The molecule has 1 aromatic rings. The molecule has 0 N–H and O–H groups in total. The Morgan fingerprint density at radius 3 is 2.88 bits per heavy atom. The number of benzene rings is 1. The molecule has 1 aromatic carbocycles. The minimum atomic E-state index is 0.174. The van der Waals surface area contributed by atoms with Crippen molar-refractivity contribution in [1.82, 2.24) is 4.90 Å². The quantitative estimate of drug-likeness (QED) is 0.582. The molecule has 4 nitrogen and oxygen atoms in total. The summed E-state index contributed by atoms with van der Waals surface area (Å²) in [6, 6.07) is 5.51. The highest BCUT2D eigenvalue weighted by Crippen LogP contribution is 2.27. The summed E-state index contributed by atoms with van der Waals surface area (Å²) in [6.07, 6.45) is 4.48. The minimum absolute atomic E-state index is 0.174. The van der Waals surface area contributed by atoms with Gasteiger partial charge in [0.15, 0.2) is 0 Å². The van der Waals surface area contributed by atoms with Gasteiger partial charge in [0.1, 0.15) is 5.75 Å². The van der Waals surface area contributed by atoms with E-state index < -0.39 is 0 Å². The van der Waals surface area contributed by atoms with Crippen LogP contribution in [-0.2, 0) is 9.53 Å². The molecule has 1 aliphatic heterocycles. The molecule has 0 unspecified atom stereocenters. The van der Waals surface area contributed by atoms with E-state index >= 15 is 0 Å². The van der Waals surface area contributed by atoms with Gasteiger partial charge in [-0.25, -0.2) is 0 Å². The molecular formula is C18H25BrClNO3. The van der Waals surface area contributed by atoms with Crippen molar-refractivity contribution in [1.29, 1.82) is 0 Å². The van der Waals surface area contributed by atoms with Gasteiger partial charge in [0.25, 0.3) is 0 Å². The molecule has 0 bridgehead atoms. The second-order valence-electron chi connectivity index (χ2n) is 6.19. The molecule has 1 aliphatic rings. The van der Waals surface area contributed by atoms with E-state index in [4.69, 9.17) is 21.1 Å². The summed E-state index contributed by atoms with van der Waals surface area (Å²) in [5, 5.41) is 0.573. The molecule has 0 aliphatic carbocycles. The fourth-order valence-corrected chi connectivity index (χ4v) is 3.45. The Labute approximate surface area is 157 Å². The smallest absolute Gasteiger partial charge is 0.222 e. The van der Waals surface area contributed by atoms with E-state index in [-0.39, 0.29) is 5.91 Å². The van der Waals surface area contributed by atoms with Crippen molar-refractivity contribution in [3.05, 3.63) is 27.7 Å². The van der Waals surface area contributed by atoms with Crippen molar-refractivity contribution >= 4 is 33.4 Å². The second-order valence-corrected chi connectivity index (χ2v) is 7.51. The topological polar surface area (TPSA) is 38.8 Å². The summed E-state index contributed by atoms with van der Waals surface area (Å²) in [4.78, 5) is 14.0. The molecule has 1 heterocycles. The molecule has 1 fully saturated rings. The Hall–Kier alpha value is -0.780. The molecule has 0 aromatic heterocycles. The van der Waals surface area contributed by atoms with Gasteiger partial charge in [-0.3, -0.25) is 4.79 Å². The zero-order valence-electron chi connectivity index (χ0n) is 14.1. The van der Waals surface area contributed by atoms with Gasteiger partial charge in [0.05, 0.1) is 11.6 Å². The molecule has 24 heavy (non-hydrogen) atoms. The number of hydrogen-bond donors (Lipinski definition) is 0. The number of carbonyl (C=O) groups excluding carboxylic acids is 1. The largest absolute Gasteiger partial charge is 0.492 e. The number of amides is 1. The lowest BCUT2D eigenvalue weighted by atomic mass is 9.96. The van der Waals surface area contributed by atoms with E-state index in [0.29, 0.717) is 36.1 Å². The van der Waals surface area contributed by atoms with E-state index in [1.807, 2.05) is 24.1 Å². The third kappa shape index (κ3) is 6.61. The summed E-state index contributed by atoms with van der Waals surface area (Å²) < 4.78 is 11.9. The Balaban J connectivity index is 1.61. The van der Waals surface area contributed by atoms with Crippen LogP contribution in [0.15, 0.2) is 22.7 Å². The van der Waals surface area contributed by atoms with Crippen molar-refractivity contribution in [2.24, 2.45) is 5.92 Å². The van der Waals surface area contributed by atoms with Gasteiger partial charge >= 0.3 is 0 Å². The van der Waals surface area contributed by atoms with Gasteiger partial charge in [-0.2, -0.15) is 0 Å². The summed E-state index contributed by atoms with van der Waals surface area (Å²) >= 11 is 9.46. The SMILES string of the molecule is CN(CCC1CCOCC1)C(=O)CCCOc1ccc(Br)cc1Cl. The third-order valence-electron chi connectivity index (χ3n) is 4.33. The minimum Gasteiger partial charge on any atom is -0.492 e. The van der Waals surface area contributed by atoms with Crippen LogP contribution in [0.2, 0.25) is 5.02 Å². The van der Waals surface area contributed by atoms with E-state index in [9.17, 15) is 4.79 Å². The average molecular weight is 419 g/mol. The van der Waals surface area contributed by atoms with Gasteiger partial charge in [0.2, 0.25) is 5.91 Å². The van der Waals surface area contributed by atoms with Gasteiger partial charge in [0, 0.05) is 37.7 Å². The highest BCUT2D eigenvalue weighted by Gasteiger charge is 2.16. The Kier molecular flexibility index (Phi) is 8.36. The van der Waals surface area contributed by atoms with Gasteiger partial charge in [-0.15, -0.1) is 0 Å². The average Bonchev–Trinajstić information content (AvgIpc) is 2.58. The highest BCUT2D eigenvalue weighted by molar-refractivity contribution is 9.10. The number of hydrogen-bond acceptors (Lipinski definition) is 3. The van der Waals surface area contributed by atoms with Gasteiger partial charge < -0.3 is 14.4 Å². The monoisotopic (exact) mass is 417 g/mol. The van der Waals surface area contributed by atoms with Crippen LogP contribution < -0.4 is 4.74 Å². The summed E-state index contributed by atoms with van der Waals surface area (Å²) in [5.74, 6) is 1.52. The first-order chi connectivity index (χ1) is 11.6. The predicted molar refractivity (Wildman–Crippen MR) is 99.7 cm³/mol. The van der Waals surface area contributed by atoms with Crippen LogP contribution >= 0.6 is 27.5 Å². The molecule has 1 saturated heterocycles. The van der Waals surface area contributed by atoms with Crippen LogP contribution in [0.1, 0.15) is 32.1 Å². The van der Waals surface area contributed by atoms with Crippen molar-refractivity contribution in [3.63, 3.8) is 0 Å². The van der Waals surface area contributed by atoms with E-state index in [2.05, 4.69) is 15.9 Å². The van der Waals surface area contributed by atoms with Crippen LogP contribution in [-0.4, -0.2) is 44.2 Å². The first-order valence-electron chi connectivity index (χ1n) is 8.46. The summed E-state index contributed by atoms with van der Waals surface area (Å²) in [5.41, 5.74) is 0. The van der Waals surface area contributed by atoms with Crippen molar-refractivity contribution in [3.8, 4) is 5.75 Å². The van der Waals surface area contributed by atoms with Crippen molar-refractivity contribution < 1.29 is 14.3 Å². The Morgan fingerprint density at radius 1 is 1.42 bits per heavy atom. The molecule has 1 amide bonds. The number of carbonyl (C=O) groups is 1. The summed E-state index contributed by atoms with van der Waals surface area (Å²) in [7, 11) is 1.88. The molecule has 0 spiro atoms. The molecule has 134 valence electrons. The third-order valence-corrected chi connectivity index (χ3v) is 5.11. The van der Waals surface area contributed by atoms with Crippen LogP contribution in [0, 0.1) is 5.92 Å². The fourth-order valence-electron chi connectivity index (χ4n) is 2.72. The molecule has 0 atom stereocenters. The molecule has 0 saturated carbocycles. The van der Waals surface area contributed by atoms with Gasteiger partial charge in [-0.1, -0.05) is 27.5 Å². The molecular weight excluding hydrogens is 394 g/mol. The Bertz CT molecular complexity index is 535. The zero-order chi connectivity index (χ0) is 17.4. The predicted octanol–water partition coefficient (Wildman–Crippen LogP) is 4.54. The maximum atomic E-state index is 12.2. The van der Waals surface area contributed by atoms with Crippen LogP contribution in [0.4, 0.5) is 0 Å². The van der Waals surface area contributed by atoms with E-state index in [1.54, 1.807) is 6.07 Å². The highest BCUT2D eigenvalue weighted by atomic mass is 79.9. The number of rotatable bonds is 8. The normalized spacial score (nSPS) is 15.3. The Morgan fingerprint density at radius 2 is 2.17 bits per heavy atom. The number of nitrogens with zero attached hydrogens (tertiary/aromatic N) is 1. The lowest BCUT2D eigenvalue weighted by molar-refractivity contribution is -0.130. The maximum Gasteiger partial charge on any atom is 0.222 e. The lowest BCUT2D eigenvalue weighted by Gasteiger charge is -2.25.